The molecule has 2 atom stereocenters. The Labute approximate surface area is 114 Å². The van der Waals surface area contributed by atoms with Gasteiger partial charge in [-0.15, -0.1) is 0 Å². The number of likely N-dealkylation sites (N-methyl/N-ethyl adjacent to an activating group) is 1. The lowest BCUT2D eigenvalue weighted by molar-refractivity contribution is 0.146. The molecule has 2 heterocycles. The van der Waals surface area contributed by atoms with Gasteiger partial charge in [-0.25, -0.2) is 0 Å². The topological polar surface area (TPSA) is 15.3 Å². The Morgan fingerprint density at radius 1 is 1.33 bits per heavy atom. The van der Waals surface area contributed by atoms with Crippen molar-refractivity contribution in [3.8, 4) is 0 Å². The summed E-state index contributed by atoms with van der Waals surface area (Å²) < 4.78 is 0. The Morgan fingerprint density at radius 2 is 2.22 bits per heavy atom. The van der Waals surface area contributed by atoms with E-state index in [0.717, 1.165) is 18.0 Å². The second-order valence-corrected chi connectivity index (χ2v) is 6.71. The molecule has 1 aromatic rings. The van der Waals surface area contributed by atoms with Gasteiger partial charge >= 0.3 is 0 Å². The van der Waals surface area contributed by atoms with E-state index in [9.17, 15) is 0 Å². The first-order valence-electron chi connectivity index (χ1n) is 7.33. The lowest BCUT2D eigenvalue weighted by Crippen LogP contribution is -2.50. The Bertz CT molecular complexity index is 359. The number of nitrogens with zero attached hydrogens (tertiary/aromatic N) is 1. The summed E-state index contributed by atoms with van der Waals surface area (Å²) in [5, 5.41) is 8.35. The molecule has 0 radical (unpaired) electrons. The van der Waals surface area contributed by atoms with Crippen LogP contribution in [-0.4, -0.2) is 36.6 Å². The molecule has 0 amide bonds. The highest BCUT2D eigenvalue weighted by Gasteiger charge is 2.31. The molecule has 18 heavy (non-hydrogen) atoms. The molecule has 0 aromatic carbocycles. The van der Waals surface area contributed by atoms with Crippen LogP contribution in [0.1, 0.15) is 31.7 Å². The number of rotatable bonds is 5. The third kappa shape index (κ3) is 3.34. The van der Waals surface area contributed by atoms with Crippen molar-refractivity contribution in [1.29, 1.82) is 0 Å². The maximum Gasteiger partial charge on any atom is 0.0200 e. The van der Waals surface area contributed by atoms with Crippen LogP contribution in [0.5, 0.6) is 0 Å². The lowest BCUT2D eigenvalue weighted by Gasteiger charge is -2.38. The normalized spacial score (nSPS) is 29.6. The zero-order chi connectivity index (χ0) is 12.4. The summed E-state index contributed by atoms with van der Waals surface area (Å²) in [7, 11) is 0. The standard InChI is InChI=1S/C15H24N2S/c1-2-17-9-13(7-12-5-6-18-11-12)8-15(10-17)16-14-3-4-14/h5-6,11,13-16H,2-4,7-10H2,1H3. The highest BCUT2D eigenvalue weighted by atomic mass is 32.1. The summed E-state index contributed by atoms with van der Waals surface area (Å²) in [5.41, 5.74) is 1.54. The van der Waals surface area contributed by atoms with Crippen molar-refractivity contribution in [2.75, 3.05) is 19.6 Å². The summed E-state index contributed by atoms with van der Waals surface area (Å²) >= 11 is 1.83. The van der Waals surface area contributed by atoms with Crippen molar-refractivity contribution in [2.24, 2.45) is 5.92 Å². The van der Waals surface area contributed by atoms with Gasteiger partial charge in [-0.3, -0.25) is 0 Å². The largest absolute Gasteiger partial charge is 0.310 e. The van der Waals surface area contributed by atoms with Crippen LogP contribution >= 0.6 is 11.3 Å². The Morgan fingerprint density at radius 3 is 2.89 bits per heavy atom. The molecule has 3 heteroatoms. The van der Waals surface area contributed by atoms with Gasteiger partial charge in [0.2, 0.25) is 0 Å². The van der Waals surface area contributed by atoms with Gasteiger partial charge in [0.25, 0.3) is 0 Å². The molecule has 1 aliphatic heterocycles. The lowest BCUT2D eigenvalue weighted by atomic mass is 9.89. The zero-order valence-electron chi connectivity index (χ0n) is 11.3. The molecule has 1 aliphatic carbocycles. The monoisotopic (exact) mass is 264 g/mol. The van der Waals surface area contributed by atoms with E-state index in [4.69, 9.17) is 0 Å². The molecule has 2 nitrogen and oxygen atoms in total. The molecule has 0 bridgehead atoms. The molecule has 1 saturated heterocycles. The average Bonchev–Trinajstić information content (AvgIpc) is 3.03. The Hall–Kier alpha value is -0.380. The van der Waals surface area contributed by atoms with Gasteiger partial charge in [0.1, 0.15) is 0 Å². The average molecular weight is 264 g/mol. The smallest absolute Gasteiger partial charge is 0.0200 e. The van der Waals surface area contributed by atoms with Crippen LogP contribution in [0.25, 0.3) is 0 Å². The minimum Gasteiger partial charge on any atom is -0.310 e. The minimum absolute atomic E-state index is 0.731. The van der Waals surface area contributed by atoms with Crippen molar-refractivity contribution >= 4 is 11.3 Å². The highest BCUT2D eigenvalue weighted by molar-refractivity contribution is 7.07. The fourth-order valence-electron chi connectivity index (χ4n) is 3.16. The van der Waals surface area contributed by atoms with Gasteiger partial charge < -0.3 is 10.2 Å². The SMILES string of the molecule is CCN1CC(Cc2ccsc2)CC(NC2CC2)C1. The maximum atomic E-state index is 3.83. The molecular weight excluding hydrogens is 240 g/mol. The quantitative estimate of drug-likeness (QED) is 0.880. The van der Waals surface area contributed by atoms with E-state index >= 15 is 0 Å². The van der Waals surface area contributed by atoms with Crippen molar-refractivity contribution in [1.82, 2.24) is 10.2 Å². The van der Waals surface area contributed by atoms with E-state index in [2.05, 4.69) is 34.0 Å². The molecule has 3 rings (SSSR count). The summed E-state index contributed by atoms with van der Waals surface area (Å²) in [6.07, 6.45) is 5.43. The van der Waals surface area contributed by atoms with Crippen molar-refractivity contribution in [2.45, 2.75) is 44.7 Å². The fourth-order valence-corrected chi connectivity index (χ4v) is 3.84. The first-order chi connectivity index (χ1) is 8.83. The van der Waals surface area contributed by atoms with Crippen LogP contribution < -0.4 is 5.32 Å². The number of piperidine rings is 1. The third-order valence-corrected chi connectivity index (χ3v) is 4.95. The van der Waals surface area contributed by atoms with Gasteiger partial charge in [0.05, 0.1) is 0 Å². The number of likely N-dealkylation sites (tertiary alicyclic amines) is 1. The molecule has 1 N–H and O–H groups in total. The van der Waals surface area contributed by atoms with E-state index < -0.39 is 0 Å². The third-order valence-electron chi connectivity index (χ3n) is 4.21. The highest BCUT2D eigenvalue weighted by Crippen LogP contribution is 2.26. The number of thiophene rings is 1. The van der Waals surface area contributed by atoms with Crippen molar-refractivity contribution < 1.29 is 0 Å². The summed E-state index contributed by atoms with van der Waals surface area (Å²) in [6, 6.07) is 3.86. The molecular formula is C15H24N2S. The predicted octanol–water partition coefficient (Wildman–Crippen LogP) is 2.75. The van der Waals surface area contributed by atoms with Crippen LogP contribution in [0, 0.1) is 5.92 Å². The molecule has 1 aromatic heterocycles. The minimum atomic E-state index is 0.731. The van der Waals surface area contributed by atoms with Gasteiger partial charge in [-0.1, -0.05) is 6.92 Å². The van der Waals surface area contributed by atoms with E-state index in [1.165, 1.54) is 50.9 Å². The molecule has 2 aliphatic rings. The number of hydrogen-bond donors (Lipinski definition) is 1. The van der Waals surface area contributed by atoms with Gasteiger partial charge in [-0.05, 0) is 60.5 Å². The van der Waals surface area contributed by atoms with E-state index in [1.807, 2.05) is 11.3 Å². The van der Waals surface area contributed by atoms with Crippen LogP contribution in [0.4, 0.5) is 0 Å². The van der Waals surface area contributed by atoms with Crippen molar-refractivity contribution in [3.05, 3.63) is 22.4 Å². The molecule has 1 saturated carbocycles. The summed E-state index contributed by atoms with van der Waals surface area (Å²) in [6.45, 7) is 6.03. The fraction of sp³-hybridized carbons (Fsp3) is 0.733. The summed E-state index contributed by atoms with van der Waals surface area (Å²) in [5.74, 6) is 0.838. The second-order valence-electron chi connectivity index (χ2n) is 5.93. The van der Waals surface area contributed by atoms with E-state index in [1.54, 1.807) is 0 Å². The van der Waals surface area contributed by atoms with Gasteiger partial charge in [0.15, 0.2) is 0 Å². The molecule has 2 fully saturated rings. The summed E-state index contributed by atoms with van der Waals surface area (Å²) in [4.78, 5) is 2.63. The molecule has 100 valence electrons. The first kappa shape index (κ1) is 12.6. The van der Waals surface area contributed by atoms with Crippen LogP contribution in [0.15, 0.2) is 16.8 Å². The molecule has 0 spiro atoms. The molecule has 2 unspecified atom stereocenters. The van der Waals surface area contributed by atoms with Gasteiger partial charge in [0, 0.05) is 25.2 Å². The van der Waals surface area contributed by atoms with E-state index in [0.29, 0.717) is 0 Å². The Kier molecular flexibility index (Phi) is 4.02. The first-order valence-corrected chi connectivity index (χ1v) is 8.27. The maximum absolute atomic E-state index is 3.83. The number of hydrogen-bond acceptors (Lipinski definition) is 3. The van der Waals surface area contributed by atoms with E-state index in [-0.39, 0.29) is 0 Å². The van der Waals surface area contributed by atoms with Crippen molar-refractivity contribution in [3.63, 3.8) is 0 Å². The van der Waals surface area contributed by atoms with Gasteiger partial charge in [-0.2, -0.15) is 11.3 Å². The van der Waals surface area contributed by atoms with Crippen LogP contribution in [0.2, 0.25) is 0 Å². The van der Waals surface area contributed by atoms with Crippen LogP contribution in [0.3, 0.4) is 0 Å². The predicted molar refractivity (Wildman–Crippen MR) is 78.2 cm³/mol. The Balaban J connectivity index is 1.58. The van der Waals surface area contributed by atoms with Crippen LogP contribution in [-0.2, 0) is 6.42 Å². The second kappa shape index (κ2) is 5.72. The zero-order valence-corrected chi connectivity index (χ0v) is 12.1. The number of nitrogens with one attached hydrogen (secondary N) is 1.